The molecule has 1 spiro atoms. The van der Waals surface area contributed by atoms with Gasteiger partial charge < -0.3 is 14.7 Å². The molecule has 5 atom stereocenters. The van der Waals surface area contributed by atoms with Gasteiger partial charge in [-0.1, -0.05) is 36.4 Å². The lowest BCUT2D eigenvalue weighted by atomic mass is 9.46. The van der Waals surface area contributed by atoms with Crippen molar-refractivity contribution in [2.45, 2.75) is 49.2 Å². The Kier molecular flexibility index (Phi) is 3.07. The Morgan fingerprint density at radius 2 is 1.96 bits per heavy atom. The highest BCUT2D eigenvalue weighted by Gasteiger charge is 2.69. The number of phenolic OH excluding ortho intramolecular Hbond substituents is 1. The molecule has 2 fully saturated rings. The molecule has 1 saturated heterocycles. The Labute approximate surface area is 165 Å². The number of nitrogens with zero attached hydrogens (tertiary/aromatic N) is 1. The molecule has 2 aromatic rings. The largest absolute Gasteiger partial charge is 0.504 e. The third kappa shape index (κ3) is 1.74. The van der Waals surface area contributed by atoms with E-state index in [0.29, 0.717) is 17.7 Å². The van der Waals surface area contributed by atoms with E-state index in [4.69, 9.17) is 4.74 Å². The van der Waals surface area contributed by atoms with E-state index in [9.17, 15) is 9.90 Å². The van der Waals surface area contributed by atoms with Gasteiger partial charge in [0.1, 0.15) is 0 Å². The average molecular weight is 375 g/mol. The zero-order valence-corrected chi connectivity index (χ0v) is 16.3. The number of likely N-dealkylation sites (N-methyl/N-ethyl adjacent to an activating group) is 1. The van der Waals surface area contributed by atoms with E-state index < -0.39 is 11.5 Å². The molecule has 4 nitrogen and oxygen atoms in total. The first-order valence-corrected chi connectivity index (χ1v) is 10.3. The van der Waals surface area contributed by atoms with Crippen LogP contribution >= 0.6 is 0 Å². The molecule has 0 amide bonds. The molecule has 0 unspecified atom stereocenters. The fraction of sp³-hybridized carbons (Fsp3) is 0.458. The molecule has 0 aromatic heterocycles. The number of benzene rings is 2. The van der Waals surface area contributed by atoms with Gasteiger partial charge >= 0.3 is 0 Å². The highest BCUT2D eigenvalue weighted by Crippen LogP contribution is 2.65. The van der Waals surface area contributed by atoms with Gasteiger partial charge in [0.2, 0.25) is 0 Å². The van der Waals surface area contributed by atoms with Crippen LogP contribution in [0.1, 0.15) is 36.5 Å². The molecule has 2 aliphatic carbocycles. The van der Waals surface area contributed by atoms with Crippen LogP contribution in [0.3, 0.4) is 0 Å². The van der Waals surface area contributed by atoms with Crippen molar-refractivity contribution < 1.29 is 14.6 Å². The van der Waals surface area contributed by atoms with Gasteiger partial charge in [-0.05, 0) is 62.9 Å². The second-order valence-corrected chi connectivity index (χ2v) is 9.36. The van der Waals surface area contributed by atoms with Crippen LogP contribution in [-0.2, 0) is 22.0 Å². The number of ketones is 1. The summed E-state index contributed by atoms with van der Waals surface area (Å²) in [5.41, 5.74) is 2.61. The van der Waals surface area contributed by atoms with E-state index in [-0.39, 0.29) is 16.9 Å². The number of phenols is 1. The Morgan fingerprint density at radius 3 is 2.75 bits per heavy atom. The summed E-state index contributed by atoms with van der Waals surface area (Å²) in [4.78, 5) is 16.4. The van der Waals surface area contributed by atoms with E-state index in [2.05, 4.69) is 31.0 Å². The lowest BCUT2D eigenvalue weighted by Crippen LogP contribution is -2.69. The SMILES string of the molecule is CN1CC[C@]23c4c5ccc(O)c4O[C@H]2C(=O)[C@@](C)(c2ccccc2)C[C@H]3[C@H]1C5. The van der Waals surface area contributed by atoms with Gasteiger partial charge in [-0.2, -0.15) is 0 Å². The number of ether oxygens (including phenoxy) is 1. The maximum absolute atomic E-state index is 13.9. The summed E-state index contributed by atoms with van der Waals surface area (Å²) in [5.74, 6) is 1.26. The van der Waals surface area contributed by atoms with Crippen molar-refractivity contribution in [3.8, 4) is 11.5 Å². The van der Waals surface area contributed by atoms with E-state index in [1.807, 2.05) is 24.3 Å². The number of piperidine rings is 1. The van der Waals surface area contributed by atoms with E-state index in [0.717, 1.165) is 36.9 Å². The first-order valence-electron chi connectivity index (χ1n) is 10.3. The summed E-state index contributed by atoms with van der Waals surface area (Å²) in [7, 11) is 2.21. The summed E-state index contributed by atoms with van der Waals surface area (Å²) >= 11 is 0. The molecule has 28 heavy (non-hydrogen) atoms. The maximum Gasteiger partial charge on any atom is 0.184 e. The molecule has 0 radical (unpaired) electrons. The van der Waals surface area contributed by atoms with Crippen molar-refractivity contribution in [3.05, 3.63) is 59.2 Å². The van der Waals surface area contributed by atoms with Crippen LogP contribution in [0.5, 0.6) is 11.5 Å². The zero-order chi connectivity index (χ0) is 19.3. The van der Waals surface area contributed by atoms with Crippen LogP contribution < -0.4 is 4.74 Å². The number of likely N-dealkylation sites (tertiary alicyclic amines) is 1. The van der Waals surface area contributed by atoms with E-state index in [1.54, 1.807) is 6.07 Å². The van der Waals surface area contributed by atoms with Crippen molar-refractivity contribution in [2.75, 3.05) is 13.6 Å². The lowest BCUT2D eigenvalue weighted by molar-refractivity contribution is -0.147. The summed E-state index contributed by atoms with van der Waals surface area (Å²) in [6.45, 7) is 3.06. The van der Waals surface area contributed by atoms with Crippen molar-refractivity contribution >= 4 is 5.78 Å². The first kappa shape index (κ1) is 16.6. The number of aromatic hydroxyl groups is 1. The smallest absolute Gasteiger partial charge is 0.184 e. The fourth-order valence-corrected chi connectivity index (χ4v) is 6.79. The van der Waals surface area contributed by atoms with Gasteiger partial charge in [0.25, 0.3) is 0 Å². The third-order valence-corrected chi connectivity index (χ3v) is 8.21. The predicted octanol–water partition coefficient (Wildman–Crippen LogP) is 3.20. The molecule has 6 rings (SSSR count). The van der Waals surface area contributed by atoms with Gasteiger partial charge in [-0.15, -0.1) is 0 Å². The Morgan fingerprint density at radius 1 is 1.18 bits per heavy atom. The second kappa shape index (κ2) is 5.18. The summed E-state index contributed by atoms with van der Waals surface area (Å²) < 4.78 is 6.36. The maximum atomic E-state index is 13.9. The zero-order valence-electron chi connectivity index (χ0n) is 16.3. The number of hydrogen-bond donors (Lipinski definition) is 1. The summed E-state index contributed by atoms with van der Waals surface area (Å²) in [6.07, 6.45) is 2.20. The molecule has 2 bridgehead atoms. The summed E-state index contributed by atoms with van der Waals surface area (Å²) in [5, 5.41) is 10.5. The first-order chi connectivity index (χ1) is 13.5. The van der Waals surface area contributed by atoms with Crippen LogP contribution in [0.15, 0.2) is 42.5 Å². The molecule has 4 heteroatoms. The quantitative estimate of drug-likeness (QED) is 0.832. The third-order valence-electron chi connectivity index (χ3n) is 8.21. The van der Waals surface area contributed by atoms with Crippen molar-refractivity contribution in [3.63, 3.8) is 0 Å². The minimum absolute atomic E-state index is 0.168. The molecule has 4 aliphatic rings. The molecule has 1 N–H and O–H groups in total. The van der Waals surface area contributed by atoms with Crippen LogP contribution in [0.4, 0.5) is 0 Å². The molecule has 144 valence electrons. The van der Waals surface area contributed by atoms with Crippen LogP contribution in [0.2, 0.25) is 0 Å². The minimum Gasteiger partial charge on any atom is -0.504 e. The van der Waals surface area contributed by atoms with Gasteiger partial charge in [0, 0.05) is 17.0 Å². The van der Waals surface area contributed by atoms with Gasteiger partial charge in [0.15, 0.2) is 23.4 Å². The van der Waals surface area contributed by atoms with Crippen LogP contribution in [0, 0.1) is 5.92 Å². The molecule has 2 aromatic carbocycles. The normalized spacial score (nSPS) is 38.1. The van der Waals surface area contributed by atoms with Crippen LogP contribution in [0.25, 0.3) is 0 Å². The van der Waals surface area contributed by atoms with Gasteiger partial charge in [0.05, 0.1) is 5.41 Å². The monoisotopic (exact) mass is 375 g/mol. The van der Waals surface area contributed by atoms with Crippen molar-refractivity contribution in [1.29, 1.82) is 0 Å². The molecule has 2 heterocycles. The Hall–Kier alpha value is -2.33. The Bertz CT molecular complexity index is 1000. The average Bonchev–Trinajstić information content (AvgIpc) is 3.06. The van der Waals surface area contributed by atoms with Gasteiger partial charge in [-0.3, -0.25) is 4.79 Å². The lowest BCUT2D eigenvalue weighted by Gasteiger charge is -2.60. The number of rotatable bonds is 1. The summed E-state index contributed by atoms with van der Waals surface area (Å²) in [6, 6.07) is 14.3. The Balaban J connectivity index is 1.60. The number of carbonyl (C=O) groups excluding carboxylic acids is 1. The topological polar surface area (TPSA) is 49.8 Å². The van der Waals surface area contributed by atoms with Crippen molar-refractivity contribution in [1.82, 2.24) is 4.90 Å². The fourth-order valence-electron chi connectivity index (χ4n) is 6.79. The molecular weight excluding hydrogens is 350 g/mol. The minimum atomic E-state index is -0.564. The highest BCUT2D eigenvalue weighted by molar-refractivity contribution is 5.97. The van der Waals surface area contributed by atoms with E-state index >= 15 is 0 Å². The van der Waals surface area contributed by atoms with Crippen LogP contribution in [-0.4, -0.2) is 41.5 Å². The van der Waals surface area contributed by atoms with Crippen molar-refractivity contribution in [2.24, 2.45) is 5.92 Å². The number of carbonyl (C=O) groups is 1. The molecular formula is C24H25NO3. The number of hydrogen-bond acceptors (Lipinski definition) is 4. The predicted molar refractivity (Wildman–Crippen MR) is 106 cm³/mol. The molecule has 1 saturated carbocycles. The van der Waals surface area contributed by atoms with Gasteiger partial charge in [-0.25, -0.2) is 0 Å². The number of Topliss-reactive ketones (excluding diaryl/α,β-unsaturated/α-hetero) is 1. The molecule has 2 aliphatic heterocycles. The van der Waals surface area contributed by atoms with E-state index in [1.165, 1.54) is 5.56 Å². The second-order valence-electron chi connectivity index (χ2n) is 9.36. The highest BCUT2D eigenvalue weighted by atomic mass is 16.5. The standard InChI is InChI=1S/C24H25NO3/c1-23(15-6-4-3-5-7-15)13-16-17-12-14-8-9-18(26)20-19(14)24(16,10-11-25(17)2)22(28-20)21(23)27/h3-9,16-17,22,26H,10-13H2,1-2H3/t16-,17+,22-,23+,24-/m0/s1.